The van der Waals surface area contributed by atoms with Crippen LogP contribution in [-0.4, -0.2) is 18.6 Å². The van der Waals surface area contributed by atoms with E-state index in [0.29, 0.717) is 25.0 Å². The van der Waals surface area contributed by atoms with Crippen molar-refractivity contribution in [2.24, 2.45) is 5.92 Å². The van der Waals surface area contributed by atoms with E-state index in [1.807, 2.05) is 45.9 Å². The zero-order chi connectivity index (χ0) is 24.4. The average Bonchev–Trinajstić information content (AvgIpc) is 2.85. The molecule has 0 spiro atoms. The molecule has 0 saturated carbocycles. The Bertz CT molecular complexity index is 884. The highest BCUT2D eigenvalue weighted by Gasteiger charge is 2.31. The SMILES string of the molecule is CC.CCOC(=O)C(C)Nc1c(OCc2ccccc2)cc2c(c1Br)CCC(CC)C2CC. The summed E-state index contributed by atoms with van der Waals surface area (Å²) in [5.74, 6) is 1.74. The third-order valence-electron chi connectivity index (χ3n) is 6.30. The van der Waals surface area contributed by atoms with E-state index in [1.165, 1.54) is 24.0 Å². The van der Waals surface area contributed by atoms with Crippen LogP contribution in [-0.2, 0) is 22.6 Å². The summed E-state index contributed by atoms with van der Waals surface area (Å²) >= 11 is 3.86. The van der Waals surface area contributed by atoms with Gasteiger partial charge in [0, 0.05) is 4.47 Å². The van der Waals surface area contributed by atoms with E-state index in [9.17, 15) is 4.79 Å². The van der Waals surface area contributed by atoms with Crippen LogP contribution in [0.25, 0.3) is 0 Å². The maximum Gasteiger partial charge on any atom is 0.328 e. The number of esters is 1. The molecule has 182 valence electrons. The van der Waals surface area contributed by atoms with Gasteiger partial charge in [0.1, 0.15) is 18.4 Å². The minimum atomic E-state index is -0.470. The standard InChI is InChI=1S/C26H34BrNO3.C2H6/c1-5-19-13-14-21-22(20(19)6-2)15-23(31-16-18-11-9-8-10-12-18)25(24(21)27)28-17(4)26(29)30-7-3;1-2/h8-12,15,17,19-20,28H,5-7,13-14,16H2,1-4H3;1-2H3. The molecule has 0 heterocycles. The van der Waals surface area contributed by atoms with Gasteiger partial charge in [-0.05, 0) is 83.6 Å². The van der Waals surface area contributed by atoms with Gasteiger partial charge in [0.25, 0.3) is 0 Å². The quantitative estimate of drug-likeness (QED) is 0.343. The van der Waals surface area contributed by atoms with Gasteiger partial charge in [-0.2, -0.15) is 0 Å². The number of halogens is 1. The van der Waals surface area contributed by atoms with E-state index in [0.717, 1.165) is 34.3 Å². The smallest absolute Gasteiger partial charge is 0.328 e. The molecule has 0 fully saturated rings. The van der Waals surface area contributed by atoms with E-state index in [4.69, 9.17) is 9.47 Å². The summed E-state index contributed by atoms with van der Waals surface area (Å²) in [6, 6.07) is 11.9. The van der Waals surface area contributed by atoms with Gasteiger partial charge < -0.3 is 14.8 Å². The van der Waals surface area contributed by atoms with E-state index >= 15 is 0 Å². The Morgan fingerprint density at radius 2 is 1.85 bits per heavy atom. The van der Waals surface area contributed by atoms with Gasteiger partial charge in [0.05, 0.1) is 12.3 Å². The van der Waals surface area contributed by atoms with Gasteiger partial charge in [-0.3, -0.25) is 0 Å². The molecule has 33 heavy (non-hydrogen) atoms. The predicted molar refractivity (Wildman–Crippen MR) is 141 cm³/mol. The molecule has 3 atom stereocenters. The van der Waals surface area contributed by atoms with Gasteiger partial charge in [0.2, 0.25) is 0 Å². The Balaban J connectivity index is 0.00000187. The molecule has 0 radical (unpaired) electrons. The fourth-order valence-corrected chi connectivity index (χ4v) is 5.36. The molecule has 4 nitrogen and oxygen atoms in total. The summed E-state index contributed by atoms with van der Waals surface area (Å²) in [6.45, 7) is 13.1. The van der Waals surface area contributed by atoms with E-state index in [-0.39, 0.29) is 5.97 Å². The molecule has 1 N–H and O–H groups in total. The zero-order valence-corrected chi connectivity index (χ0v) is 22.6. The molecule has 3 rings (SSSR count). The molecule has 2 aromatic rings. The van der Waals surface area contributed by atoms with E-state index in [2.05, 4.69) is 53.3 Å². The lowest BCUT2D eigenvalue weighted by Gasteiger charge is -2.34. The molecule has 0 saturated heterocycles. The van der Waals surface area contributed by atoms with Crippen LogP contribution in [0.3, 0.4) is 0 Å². The third kappa shape index (κ3) is 6.75. The minimum Gasteiger partial charge on any atom is -0.487 e. The lowest BCUT2D eigenvalue weighted by molar-refractivity contribution is -0.143. The number of carbonyl (C=O) groups is 1. The number of hydrogen-bond donors (Lipinski definition) is 1. The molecule has 1 aliphatic carbocycles. The van der Waals surface area contributed by atoms with Gasteiger partial charge in [-0.15, -0.1) is 0 Å². The molecule has 3 unspecified atom stereocenters. The molecule has 1 aliphatic rings. The summed E-state index contributed by atoms with van der Waals surface area (Å²) in [4.78, 5) is 12.3. The minimum absolute atomic E-state index is 0.265. The molecule has 0 aromatic heterocycles. The molecule has 5 heteroatoms. The van der Waals surface area contributed by atoms with Crippen LogP contribution in [0.1, 0.15) is 83.4 Å². The van der Waals surface area contributed by atoms with Crippen molar-refractivity contribution in [1.82, 2.24) is 0 Å². The Kier molecular flexibility index (Phi) is 11.3. The van der Waals surface area contributed by atoms with E-state index in [1.54, 1.807) is 0 Å². The summed E-state index contributed by atoms with van der Waals surface area (Å²) < 4.78 is 12.5. The third-order valence-corrected chi connectivity index (χ3v) is 7.18. The first-order valence-corrected chi connectivity index (χ1v) is 13.2. The van der Waals surface area contributed by atoms with Crippen molar-refractivity contribution in [3.63, 3.8) is 0 Å². The van der Waals surface area contributed by atoms with Crippen molar-refractivity contribution in [1.29, 1.82) is 0 Å². The van der Waals surface area contributed by atoms with Crippen LogP contribution in [0.15, 0.2) is 40.9 Å². The van der Waals surface area contributed by atoms with Crippen LogP contribution < -0.4 is 10.1 Å². The molecule has 2 aromatic carbocycles. The van der Waals surface area contributed by atoms with Crippen LogP contribution in [0.4, 0.5) is 5.69 Å². The van der Waals surface area contributed by atoms with Crippen molar-refractivity contribution in [3.05, 3.63) is 57.6 Å². The number of rotatable bonds is 9. The largest absolute Gasteiger partial charge is 0.487 e. The fourth-order valence-electron chi connectivity index (χ4n) is 4.62. The number of carbonyl (C=O) groups excluding carboxylic acids is 1. The second-order valence-electron chi connectivity index (χ2n) is 8.25. The Hall–Kier alpha value is -2.01. The number of nitrogens with one attached hydrogen (secondary N) is 1. The second-order valence-corrected chi connectivity index (χ2v) is 9.04. The molecule has 0 amide bonds. The van der Waals surface area contributed by atoms with Crippen LogP contribution in [0.2, 0.25) is 0 Å². The number of benzene rings is 2. The number of ether oxygens (including phenoxy) is 2. The number of hydrogen-bond acceptors (Lipinski definition) is 4. The van der Waals surface area contributed by atoms with E-state index < -0.39 is 6.04 Å². The second kappa shape index (κ2) is 13.6. The van der Waals surface area contributed by atoms with Crippen molar-refractivity contribution in [2.75, 3.05) is 11.9 Å². The highest BCUT2D eigenvalue weighted by Crippen LogP contribution is 2.48. The Morgan fingerprint density at radius 3 is 2.45 bits per heavy atom. The van der Waals surface area contributed by atoms with Crippen molar-refractivity contribution < 1.29 is 14.3 Å². The van der Waals surface area contributed by atoms with Gasteiger partial charge in [-0.25, -0.2) is 4.79 Å². The van der Waals surface area contributed by atoms with Crippen LogP contribution >= 0.6 is 15.9 Å². The normalized spacial score (nSPS) is 17.8. The topological polar surface area (TPSA) is 47.6 Å². The number of anilines is 1. The molecule has 0 bridgehead atoms. The van der Waals surface area contributed by atoms with Crippen LogP contribution in [0, 0.1) is 5.92 Å². The first kappa shape index (κ1) is 27.2. The summed E-state index contributed by atoms with van der Waals surface area (Å²) in [7, 11) is 0. The average molecular weight is 519 g/mol. The van der Waals surface area contributed by atoms with Gasteiger partial charge in [-0.1, -0.05) is 64.4 Å². The maximum atomic E-state index is 12.3. The van der Waals surface area contributed by atoms with Crippen molar-refractivity contribution in [3.8, 4) is 5.75 Å². The first-order valence-electron chi connectivity index (χ1n) is 12.4. The zero-order valence-electron chi connectivity index (χ0n) is 21.0. The fraction of sp³-hybridized carbons (Fsp3) is 0.536. The lowest BCUT2D eigenvalue weighted by Crippen LogP contribution is -2.29. The van der Waals surface area contributed by atoms with Gasteiger partial charge in [0.15, 0.2) is 0 Å². The molecule has 0 aliphatic heterocycles. The summed E-state index contributed by atoms with van der Waals surface area (Å²) in [6.07, 6.45) is 4.53. The highest BCUT2D eigenvalue weighted by molar-refractivity contribution is 9.10. The number of fused-ring (bicyclic) bond motifs is 1. The summed E-state index contributed by atoms with van der Waals surface area (Å²) in [5, 5.41) is 3.36. The van der Waals surface area contributed by atoms with Gasteiger partial charge >= 0.3 is 5.97 Å². The summed E-state index contributed by atoms with van der Waals surface area (Å²) in [5.41, 5.74) is 4.66. The molecular weight excluding hydrogens is 478 g/mol. The molecular formula is C28H40BrNO3. The Morgan fingerprint density at radius 1 is 1.15 bits per heavy atom. The van der Waals surface area contributed by atoms with Crippen LogP contribution in [0.5, 0.6) is 5.75 Å². The Labute approximate surface area is 208 Å². The maximum absolute atomic E-state index is 12.3. The van der Waals surface area contributed by atoms with Crippen molar-refractivity contribution >= 4 is 27.6 Å². The lowest BCUT2D eigenvalue weighted by atomic mass is 9.72. The monoisotopic (exact) mass is 517 g/mol. The van der Waals surface area contributed by atoms with Crippen molar-refractivity contribution in [2.45, 2.75) is 85.8 Å². The predicted octanol–water partition coefficient (Wildman–Crippen LogP) is 7.88. The first-order chi connectivity index (χ1) is 16.0. The highest BCUT2D eigenvalue weighted by atomic mass is 79.9.